The van der Waals surface area contributed by atoms with Gasteiger partial charge >= 0.3 is 0 Å². The van der Waals surface area contributed by atoms with E-state index in [1.165, 1.54) is 0 Å². The fraction of sp³-hybridized carbons (Fsp3) is 0.500. The summed E-state index contributed by atoms with van der Waals surface area (Å²) in [6, 6.07) is 7.76. The molecule has 3 rings (SSSR count). The van der Waals surface area contributed by atoms with Crippen LogP contribution in [0.4, 0.5) is 0 Å². The lowest BCUT2D eigenvalue weighted by Gasteiger charge is -2.09. The molecule has 1 heterocycles. The second kappa shape index (κ2) is 5.04. The van der Waals surface area contributed by atoms with Gasteiger partial charge in [-0.2, -0.15) is 0 Å². The number of halogens is 1. The maximum Gasteiger partial charge on any atom is 0.224 e. The largest absolute Gasteiger partial charge is 0.352 e. The first kappa shape index (κ1) is 13.9. The SMILES string of the molecule is O=C(NC1CC1c1cccc(Cl)c1)C1CCS(=O)(=O)C1. The van der Waals surface area contributed by atoms with Gasteiger partial charge in [-0.1, -0.05) is 23.7 Å². The average molecular weight is 314 g/mol. The Balaban J connectivity index is 1.57. The summed E-state index contributed by atoms with van der Waals surface area (Å²) >= 11 is 5.95. The maximum atomic E-state index is 12.0. The van der Waals surface area contributed by atoms with Gasteiger partial charge in [-0.25, -0.2) is 8.42 Å². The van der Waals surface area contributed by atoms with E-state index in [1.807, 2.05) is 24.3 Å². The molecule has 0 bridgehead atoms. The zero-order chi connectivity index (χ0) is 14.3. The quantitative estimate of drug-likeness (QED) is 0.924. The van der Waals surface area contributed by atoms with Gasteiger partial charge in [-0.3, -0.25) is 4.79 Å². The third-order valence-electron chi connectivity index (χ3n) is 4.00. The highest BCUT2D eigenvalue weighted by molar-refractivity contribution is 7.91. The van der Waals surface area contributed by atoms with E-state index in [0.717, 1.165) is 12.0 Å². The number of carbonyl (C=O) groups is 1. The van der Waals surface area contributed by atoms with Crippen LogP contribution in [0.1, 0.15) is 24.3 Å². The third-order valence-corrected chi connectivity index (χ3v) is 6.00. The van der Waals surface area contributed by atoms with Crippen molar-refractivity contribution < 1.29 is 13.2 Å². The Morgan fingerprint density at radius 3 is 2.80 bits per heavy atom. The number of carbonyl (C=O) groups excluding carboxylic acids is 1. The summed E-state index contributed by atoms with van der Waals surface area (Å²) in [6.07, 6.45) is 1.34. The molecule has 1 aliphatic heterocycles. The van der Waals surface area contributed by atoms with E-state index >= 15 is 0 Å². The van der Waals surface area contributed by atoms with Crippen molar-refractivity contribution >= 4 is 27.3 Å². The predicted octanol–water partition coefficient (Wildman–Crippen LogP) is 1.75. The van der Waals surface area contributed by atoms with Crippen molar-refractivity contribution in [1.82, 2.24) is 5.32 Å². The molecule has 3 atom stereocenters. The highest BCUT2D eigenvalue weighted by Gasteiger charge is 2.42. The molecule has 2 fully saturated rings. The van der Waals surface area contributed by atoms with Gasteiger partial charge in [0.25, 0.3) is 0 Å². The third kappa shape index (κ3) is 2.99. The summed E-state index contributed by atoms with van der Waals surface area (Å²) in [7, 11) is -3.01. The monoisotopic (exact) mass is 313 g/mol. The van der Waals surface area contributed by atoms with E-state index in [-0.39, 0.29) is 29.4 Å². The normalized spacial score (nSPS) is 30.9. The minimum atomic E-state index is -3.01. The lowest BCUT2D eigenvalue weighted by Crippen LogP contribution is -2.33. The van der Waals surface area contributed by atoms with Crippen LogP contribution in [0, 0.1) is 5.92 Å². The van der Waals surface area contributed by atoms with Crippen LogP contribution in [0.2, 0.25) is 5.02 Å². The first-order valence-corrected chi connectivity index (χ1v) is 8.91. The van der Waals surface area contributed by atoms with Crippen LogP contribution in [-0.4, -0.2) is 31.9 Å². The number of nitrogens with one attached hydrogen (secondary N) is 1. The predicted molar refractivity (Wildman–Crippen MR) is 77.5 cm³/mol. The summed E-state index contributed by atoms with van der Waals surface area (Å²) in [4.78, 5) is 12.0. The van der Waals surface area contributed by atoms with Gasteiger partial charge in [0.05, 0.1) is 17.4 Å². The van der Waals surface area contributed by atoms with Crippen molar-refractivity contribution in [3.63, 3.8) is 0 Å². The molecule has 1 saturated heterocycles. The van der Waals surface area contributed by atoms with Gasteiger partial charge in [0.1, 0.15) is 0 Å². The first-order valence-electron chi connectivity index (χ1n) is 6.71. The molecule has 108 valence electrons. The van der Waals surface area contributed by atoms with Crippen molar-refractivity contribution in [2.45, 2.75) is 24.8 Å². The minimum Gasteiger partial charge on any atom is -0.352 e. The second-order valence-electron chi connectivity index (χ2n) is 5.61. The molecule has 20 heavy (non-hydrogen) atoms. The van der Waals surface area contributed by atoms with Crippen molar-refractivity contribution in [3.8, 4) is 0 Å². The fourth-order valence-corrected chi connectivity index (χ4v) is 4.70. The molecular formula is C14H16ClNO3S. The number of hydrogen-bond donors (Lipinski definition) is 1. The van der Waals surface area contributed by atoms with Crippen LogP contribution in [0.25, 0.3) is 0 Å². The standard InChI is InChI=1S/C14H16ClNO3S/c15-11-3-1-2-9(6-11)12-7-13(12)16-14(17)10-4-5-20(18,19)8-10/h1-3,6,10,12-13H,4-5,7-8H2,(H,16,17). The van der Waals surface area contributed by atoms with Crippen LogP contribution in [0.3, 0.4) is 0 Å². The Kier molecular flexibility index (Phi) is 3.50. The highest BCUT2D eigenvalue weighted by Crippen LogP contribution is 2.41. The van der Waals surface area contributed by atoms with Crippen LogP contribution >= 0.6 is 11.6 Å². The number of hydrogen-bond acceptors (Lipinski definition) is 3. The van der Waals surface area contributed by atoms with E-state index in [2.05, 4.69) is 5.32 Å². The summed E-state index contributed by atoms with van der Waals surface area (Å²) in [5.74, 6) is -0.0715. The van der Waals surface area contributed by atoms with Gasteiger partial charge in [-0.15, -0.1) is 0 Å². The van der Waals surface area contributed by atoms with Crippen molar-refractivity contribution in [2.75, 3.05) is 11.5 Å². The highest BCUT2D eigenvalue weighted by atomic mass is 35.5. The van der Waals surface area contributed by atoms with Crippen molar-refractivity contribution in [2.24, 2.45) is 5.92 Å². The van der Waals surface area contributed by atoms with E-state index in [0.29, 0.717) is 17.4 Å². The van der Waals surface area contributed by atoms with Gasteiger partial charge in [0.15, 0.2) is 9.84 Å². The van der Waals surface area contributed by atoms with E-state index < -0.39 is 9.84 Å². The Bertz CT molecular complexity index is 644. The van der Waals surface area contributed by atoms with E-state index in [1.54, 1.807) is 0 Å². The van der Waals surface area contributed by atoms with Gasteiger partial charge in [-0.05, 0) is 30.5 Å². The van der Waals surface area contributed by atoms with Crippen LogP contribution in [0.5, 0.6) is 0 Å². The zero-order valence-electron chi connectivity index (χ0n) is 10.9. The molecule has 3 unspecified atom stereocenters. The number of rotatable bonds is 3. The molecule has 6 heteroatoms. The smallest absolute Gasteiger partial charge is 0.224 e. The molecule has 0 spiro atoms. The van der Waals surface area contributed by atoms with Gasteiger partial charge in [0, 0.05) is 17.0 Å². The molecule has 2 aliphatic rings. The van der Waals surface area contributed by atoms with Crippen molar-refractivity contribution in [3.05, 3.63) is 34.9 Å². The summed E-state index contributed by atoms with van der Waals surface area (Å²) < 4.78 is 22.8. The Hall–Kier alpha value is -1.07. The summed E-state index contributed by atoms with van der Waals surface area (Å²) in [5, 5.41) is 3.65. The Labute approximate surface area is 123 Å². The molecule has 1 N–H and O–H groups in total. The molecule has 1 aromatic carbocycles. The Morgan fingerprint density at radius 1 is 1.35 bits per heavy atom. The lowest BCUT2D eigenvalue weighted by molar-refractivity contribution is -0.124. The minimum absolute atomic E-state index is 0.00656. The average Bonchev–Trinajstić information content (AvgIpc) is 3.04. The van der Waals surface area contributed by atoms with Crippen molar-refractivity contribution in [1.29, 1.82) is 0 Å². The molecule has 4 nitrogen and oxygen atoms in total. The number of benzene rings is 1. The van der Waals surface area contributed by atoms with Gasteiger partial charge in [0.2, 0.25) is 5.91 Å². The first-order chi connectivity index (χ1) is 9.44. The molecule has 1 saturated carbocycles. The molecule has 1 aromatic rings. The van der Waals surface area contributed by atoms with Crippen LogP contribution in [0.15, 0.2) is 24.3 Å². The number of amides is 1. The van der Waals surface area contributed by atoms with Crippen LogP contribution in [-0.2, 0) is 14.6 Å². The topological polar surface area (TPSA) is 63.2 Å². The molecule has 0 aromatic heterocycles. The molecule has 0 radical (unpaired) electrons. The maximum absolute atomic E-state index is 12.0. The second-order valence-corrected chi connectivity index (χ2v) is 8.28. The van der Waals surface area contributed by atoms with E-state index in [4.69, 9.17) is 11.6 Å². The summed E-state index contributed by atoms with van der Waals surface area (Å²) in [6.45, 7) is 0. The van der Waals surface area contributed by atoms with Crippen LogP contribution < -0.4 is 5.32 Å². The number of sulfone groups is 1. The Morgan fingerprint density at radius 2 is 2.15 bits per heavy atom. The molecule has 1 aliphatic carbocycles. The fourth-order valence-electron chi connectivity index (χ4n) is 2.76. The molecule has 1 amide bonds. The lowest BCUT2D eigenvalue weighted by atomic mass is 10.1. The van der Waals surface area contributed by atoms with Gasteiger partial charge < -0.3 is 5.32 Å². The zero-order valence-corrected chi connectivity index (χ0v) is 12.5. The van der Waals surface area contributed by atoms with E-state index in [9.17, 15) is 13.2 Å². The summed E-state index contributed by atoms with van der Waals surface area (Å²) in [5.41, 5.74) is 1.13. The molecular weight excluding hydrogens is 298 g/mol.